The van der Waals surface area contributed by atoms with Gasteiger partial charge in [-0.25, -0.2) is 9.98 Å². The van der Waals surface area contributed by atoms with Crippen LogP contribution in [0.5, 0.6) is 0 Å². The summed E-state index contributed by atoms with van der Waals surface area (Å²) in [5, 5.41) is 0.685. The summed E-state index contributed by atoms with van der Waals surface area (Å²) in [6.45, 7) is 4.58. The standard InChI is InChI=1S/C28H24N4OS/c1-20-17-23(21(2)32(20)26-15-9-10-16-29-26)18-25-27(33)31(19-22-11-5-3-6-12-22)28(34-25)30-24-13-7-4-8-14-24/h3-18H,19H2,1-2H3/b25-18-,30-28?. The summed E-state index contributed by atoms with van der Waals surface area (Å²) in [4.78, 5) is 25.2. The lowest BCUT2D eigenvalue weighted by atomic mass is 10.2. The molecule has 2 aromatic heterocycles. The van der Waals surface area contributed by atoms with Crippen molar-refractivity contribution in [1.29, 1.82) is 0 Å². The maximum Gasteiger partial charge on any atom is 0.267 e. The SMILES string of the molecule is Cc1cc(/C=C2\SC(=Nc3ccccc3)N(Cc3ccccc3)C2=O)c(C)n1-c1ccccn1. The summed E-state index contributed by atoms with van der Waals surface area (Å²) in [5.74, 6) is 0.829. The van der Waals surface area contributed by atoms with E-state index in [1.54, 1.807) is 11.1 Å². The van der Waals surface area contributed by atoms with Gasteiger partial charge in [-0.2, -0.15) is 0 Å². The number of aromatic nitrogens is 2. The molecule has 5 nitrogen and oxygen atoms in total. The summed E-state index contributed by atoms with van der Waals surface area (Å²) in [5.41, 5.74) is 5.00. The molecule has 6 heteroatoms. The van der Waals surface area contributed by atoms with Crippen LogP contribution in [-0.4, -0.2) is 25.5 Å². The average Bonchev–Trinajstić information content (AvgIpc) is 3.30. The van der Waals surface area contributed by atoms with Crippen molar-refractivity contribution in [1.82, 2.24) is 14.5 Å². The highest BCUT2D eigenvalue weighted by molar-refractivity contribution is 8.18. The summed E-state index contributed by atoms with van der Waals surface area (Å²) >= 11 is 1.42. The number of benzene rings is 2. The summed E-state index contributed by atoms with van der Waals surface area (Å²) in [6, 6.07) is 27.7. The normalized spacial score (nSPS) is 16.1. The minimum absolute atomic E-state index is 0.0360. The van der Waals surface area contributed by atoms with E-state index in [0.29, 0.717) is 16.6 Å². The number of amidine groups is 1. The molecule has 0 radical (unpaired) electrons. The molecule has 0 N–H and O–H groups in total. The lowest BCUT2D eigenvalue weighted by Crippen LogP contribution is -2.28. The quantitative estimate of drug-likeness (QED) is 0.326. The molecule has 0 saturated carbocycles. The van der Waals surface area contributed by atoms with E-state index in [0.717, 1.165) is 34.0 Å². The van der Waals surface area contributed by atoms with Gasteiger partial charge in [-0.15, -0.1) is 0 Å². The molecular weight excluding hydrogens is 440 g/mol. The number of aliphatic imine (C=N–C) groups is 1. The van der Waals surface area contributed by atoms with Gasteiger partial charge < -0.3 is 4.57 Å². The molecule has 3 heterocycles. The van der Waals surface area contributed by atoms with Crippen molar-refractivity contribution in [3.63, 3.8) is 0 Å². The molecule has 5 rings (SSSR count). The van der Waals surface area contributed by atoms with Gasteiger partial charge in [-0.1, -0.05) is 54.6 Å². The number of amides is 1. The number of nitrogens with zero attached hydrogens (tertiary/aromatic N) is 4. The van der Waals surface area contributed by atoms with Crippen LogP contribution in [-0.2, 0) is 11.3 Å². The maximum atomic E-state index is 13.5. The van der Waals surface area contributed by atoms with Gasteiger partial charge in [-0.05, 0) is 73.1 Å². The van der Waals surface area contributed by atoms with E-state index in [2.05, 4.69) is 29.5 Å². The first kappa shape index (κ1) is 21.9. The van der Waals surface area contributed by atoms with Crippen molar-refractivity contribution in [3.8, 4) is 5.82 Å². The van der Waals surface area contributed by atoms with E-state index in [1.807, 2.05) is 84.9 Å². The second kappa shape index (κ2) is 9.53. The second-order valence-corrected chi connectivity index (χ2v) is 9.08. The molecule has 34 heavy (non-hydrogen) atoms. The summed E-state index contributed by atoms with van der Waals surface area (Å²) < 4.78 is 2.11. The van der Waals surface area contributed by atoms with Crippen molar-refractivity contribution in [2.45, 2.75) is 20.4 Å². The molecule has 2 aromatic carbocycles. The third kappa shape index (κ3) is 4.45. The Labute approximate surface area is 203 Å². The molecule has 0 spiro atoms. The van der Waals surface area contributed by atoms with E-state index in [-0.39, 0.29) is 5.91 Å². The Morgan fingerprint density at radius 3 is 2.35 bits per heavy atom. The first-order valence-electron chi connectivity index (χ1n) is 11.1. The Balaban J connectivity index is 1.52. The lowest BCUT2D eigenvalue weighted by molar-refractivity contribution is -0.122. The number of carbonyl (C=O) groups excluding carboxylic acids is 1. The van der Waals surface area contributed by atoms with Gasteiger partial charge in [0.25, 0.3) is 5.91 Å². The van der Waals surface area contributed by atoms with Gasteiger partial charge in [0.1, 0.15) is 5.82 Å². The van der Waals surface area contributed by atoms with E-state index in [4.69, 9.17) is 4.99 Å². The van der Waals surface area contributed by atoms with Gasteiger partial charge in [-0.3, -0.25) is 9.69 Å². The Kier molecular flexibility index (Phi) is 6.14. The topological polar surface area (TPSA) is 50.5 Å². The number of thioether (sulfide) groups is 1. The Morgan fingerprint density at radius 1 is 0.941 bits per heavy atom. The number of hydrogen-bond acceptors (Lipinski definition) is 4. The predicted octanol–water partition coefficient (Wildman–Crippen LogP) is 6.29. The lowest BCUT2D eigenvalue weighted by Gasteiger charge is -2.15. The molecule has 4 aromatic rings. The first-order valence-corrected chi connectivity index (χ1v) is 11.9. The molecule has 0 unspecified atom stereocenters. The van der Waals surface area contributed by atoms with Crippen LogP contribution in [0.15, 0.2) is 101 Å². The number of aryl methyl sites for hydroxylation is 1. The van der Waals surface area contributed by atoms with Crippen molar-refractivity contribution >= 4 is 34.6 Å². The monoisotopic (exact) mass is 464 g/mol. The first-order chi connectivity index (χ1) is 16.6. The zero-order valence-electron chi connectivity index (χ0n) is 19.1. The fourth-order valence-electron chi connectivity index (χ4n) is 4.02. The summed E-state index contributed by atoms with van der Waals surface area (Å²) in [6.07, 6.45) is 3.76. The molecule has 0 atom stereocenters. The highest BCUT2D eigenvalue weighted by Crippen LogP contribution is 2.36. The van der Waals surface area contributed by atoms with Crippen LogP contribution < -0.4 is 0 Å². The molecule has 1 aliphatic rings. The Bertz CT molecular complexity index is 1380. The van der Waals surface area contributed by atoms with Crippen LogP contribution in [0.25, 0.3) is 11.9 Å². The molecule has 0 bridgehead atoms. The van der Waals surface area contributed by atoms with Crippen LogP contribution in [0.2, 0.25) is 0 Å². The highest BCUT2D eigenvalue weighted by atomic mass is 32.2. The minimum Gasteiger partial charge on any atom is -0.303 e. The van der Waals surface area contributed by atoms with Crippen LogP contribution in [0.3, 0.4) is 0 Å². The van der Waals surface area contributed by atoms with Crippen LogP contribution in [0, 0.1) is 13.8 Å². The van der Waals surface area contributed by atoms with Gasteiger partial charge >= 0.3 is 0 Å². The number of para-hydroxylation sites is 1. The maximum absolute atomic E-state index is 13.5. The Morgan fingerprint density at radius 2 is 1.65 bits per heavy atom. The van der Waals surface area contributed by atoms with Crippen molar-refractivity contribution < 1.29 is 4.79 Å². The number of rotatable bonds is 5. The fourth-order valence-corrected chi connectivity index (χ4v) is 5.01. The number of pyridine rings is 1. The summed E-state index contributed by atoms with van der Waals surface area (Å²) in [7, 11) is 0. The molecule has 0 aliphatic carbocycles. The van der Waals surface area contributed by atoms with Crippen molar-refractivity contribution in [2.24, 2.45) is 4.99 Å². The third-order valence-corrected chi connectivity index (χ3v) is 6.69. The van der Waals surface area contributed by atoms with Crippen LogP contribution in [0.4, 0.5) is 5.69 Å². The molecule has 168 valence electrons. The molecular formula is C28H24N4OS. The van der Waals surface area contributed by atoms with Gasteiger partial charge in [0.15, 0.2) is 5.17 Å². The van der Waals surface area contributed by atoms with Gasteiger partial charge in [0.05, 0.1) is 17.1 Å². The van der Waals surface area contributed by atoms with Crippen LogP contribution in [0.1, 0.15) is 22.5 Å². The highest BCUT2D eigenvalue weighted by Gasteiger charge is 2.33. The molecule has 1 fully saturated rings. The fraction of sp³-hybridized carbons (Fsp3) is 0.107. The largest absolute Gasteiger partial charge is 0.303 e. The smallest absolute Gasteiger partial charge is 0.267 e. The van der Waals surface area contributed by atoms with Crippen LogP contribution >= 0.6 is 11.8 Å². The molecule has 1 amide bonds. The zero-order valence-corrected chi connectivity index (χ0v) is 19.9. The Hall–Kier alpha value is -3.90. The molecule has 1 aliphatic heterocycles. The second-order valence-electron chi connectivity index (χ2n) is 8.07. The average molecular weight is 465 g/mol. The van der Waals surface area contributed by atoms with E-state index < -0.39 is 0 Å². The minimum atomic E-state index is -0.0360. The zero-order chi connectivity index (χ0) is 23.5. The van der Waals surface area contributed by atoms with Crippen molar-refractivity contribution in [2.75, 3.05) is 0 Å². The van der Waals surface area contributed by atoms with E-state index >= 15 is 0 Å². The predicted molar refractivity (Wildman–Crippen MR) is 139 cm³/mol. The van der Waals surface area contributed by atoms with Gasteiger partial charge in [0, 0.05) is 17.6 Å². The third-order valence-electron chi connectivity index (χ3n) is 5.69. The van der Waals surface area contributed by atoms with Crippen molar-refractivity contribution in [3.05, 3.63) is 119 Å². The van der Waals surface area contributed by atoms with E-state index in [9.17, 15) is 4.79 Å². The molecule has 1 saturated heterocycles. The number of carbonyl (C=O) groups is 1. The van der Waals surface area contributed by atoms with Gasteiger partial charge in [0.2, 0.25) is 0 Å². The van der Waals surface area contributed by atoms with E-state index in [1.165, 1.54) is 11.8 Å². The number of hydrogen-bond donors (Lipinski definition) is 0.